The number of rotatable bonds is 3. The van der Waals surface area contributed by atoms with Gasteiger partial charge in [0.2, 0.25) is 5.91 Å². The van der Waals surface area contributed by atoms with Gasteiger partial charge in [-0.05, 0) is 45.4 Å². The van der Waals surface area contributed by atoms with Gasteiger partial charge in [0.25, 0.3) is 0 Å². The average molecular weight is 332 g/mol. The SMILES string of the molecule is Cc1cccc(NC(=O)N2CCN(CC(=O)NC(C)(C)C)CC2)c1. The quantitative estimate of drug-likeness (QED) is 0.890. The number of carbonyl (C=O) groups excluding carboxylic acids is 2. The second kappa shape index (κ2) is 7.66. The first-order valence-electron chi connectivity index (χ1n) is 8.39. The zero-order valence-corrected chi connectivity index (χ0v) is 15.1. The molecule has 1 fully saturated rings. The fourth-order valence-corrected chi connectivity index (χ4v) is 2.70. The molecule has 6 heteroatoms. The van der Waals surface area contributed by atoms with Crippen LogP contribution in [-0.4, -0.2) is 60.0 Å². The molecule has 0 spiro atoms. The molecular formula is C18H28N4O2. The van der Waals surface area contributed by atoms with Crippen LogP contribution in [0.15, 0.2) is 24.3 Å². The molecule has 1 aromatic carbocycles. The molecule has 2 rings (SSSR count). The predicted octanol–water partition coefficient (Wildman–Crippen LogP) is 2.06. The standard InChI is InChI=1S/C18H28N4O2/c1-14-6-5-7-15(12-14)19-17(24)22-10-8-21(9-11-22)13-16(23)20-18(2,3)4/h5-7,12H,8-11,13H2,1-4H3,(H,19,24)(H,20,23). The molecule has 3 amide bonds. The lowest BCUT2D eigenvalue weighted by atomic mass is 10.1. The molecule has 1 aliphatic rings. The van der Waals surface area contributed by atoms with Crippen LogP contribution in [0.4, 0.5) is 10.5 Å². The maximum absolute atomic E-state index is 12.3. The third kappa shape index (κ3) is 5.85. The van der Waals surface area contributed by atoms with E-state index in [1.165, 1.54) is 0 Å². The first kappa shape index (κ1) is 18.3. The third-order valence-electron chi connectivity index (χ3n) is 3.81. The van der Waals surface area contributed by atoms with Gasteiger partial charge in [0.1, 0.15) is 0 Å². The maximum atomic E-state index is 12.3. The Balaban J connectivity index is 1.78. The van der Waals surface area contributed by atoms with Crippen molar-refractivity contribution in [3.05, 3.63) is 29.8 Å². The van der Waals surface area contributed by atoms with Crippen LogP contribution in [0, 0.1) is 6.92 Å². The van der Waals surface area contributed by atoms with Crippen LogP contribution in [0.25, 0.3) is 0 Å². The van der Waals surface area contributed by atoms with Gasteiger partial charge in [-0.2, -0.15) is 0 Å². The summed E-state index contributed by atoms with van der Waals surface area (Å²) >= 11 is 0. The molecule has 1 heterocycles. The number of urea groups is 1. The van der Waals surface area contributed by atoms with E-state index in [0.717, 1.165) is 11.3 Å². The Hall–Kier alpha value is -2.08. The smallest absolute Gasteiger partial charge is 0.321 e. The molecule has 1 saturated heterocycles. The summed E-state index contributed by atoms with van der Waals surface area (Å²) in [6.07, 6.45) is 0. The Kier molecular flexibility index (Phi) is 5.83. The Morgan fingerprint density at radius 3 is 2.38 bits per heavy atom. The highest BCUT2D eigenvalue weighted by Crippen LogP contribution is 2.11. The van der Waals surface area contributed by atoms with Gasteiger partial charge in [0.05, 0.1) is 6.54 Å². The molecule has 1 aromatic rings. The lowest BCUT2D eigenvalue weighted by Crippen LogP contribution is -2.53. The van der Waals surface area contributed by atoms with Gasteiger partial charge in [-0.3, -0.25) is 9.69 Å². The molecule has 0 aromatic heterocycles. The molecule has 0 bridgehead atoms. The van der Waals surface area contributed by atoms with Crippen LogP contribution in [-0.2, 0) is 4.79 Å². The molecule has 132 valence electrons. The van der Waals surface area contributed by atoms with Crippen LogP contribution in [0.5, 0.6) is 0 Å². The van der Waals surface area contributed by atoms with Gasteiger partial charge >= 0.3 is 6.03 Å². The molecule has 6 nitrogen and oxygen atoms in total. The van der Waals surface area contributed by atoms with E-state index < -0.39 is 0 Å². The Morgan fingerprint density at radius 2 is 1.79 bits per heavy atom. The van der Waals surface area contributed by atoms with E-state index in [1.54, 1.807) is 4.90 Å². The highest BCUT2D eigenvalue weighted by atomic mass is 16.2. The molecule has 0 unspecified atom stereocenters. The zero-order chi connectivity index (χ0) is 17.7. The number of carbonyl (C=O) groups is 2. The summed E-state index contributed by atoms with van der Waals surface area (Å²) in [4.78, 5) is 28.2. The van der Waals surface area contributed by atoms with Crippen LogP contribution in [0.2, 0.25) is 0 Å². The number of anilines is 1. The second-order valence-corrected chi connectivity index (χ2v) is 7.36. The highest BCUT2D eigenvalue weighted by molar-refractivity contribution is 5.89. The van der Waals surface area contributed by atoms with Gasteiger partial charge in [-0.15, -0.1) is 0 Å². The summed E-state index contributed by atoms with van der Waals surface area (Å²) in [7, 11) is 0. The Morgan fingerprint density at radius 1 is 1.12 bits per heavy atom. The van der Waals surface area contributed by atoms with Gasteiger partial charge in [0, 0.05) is 37.4 Å². The molecule has 0 atom stereocenters. The lowest BCUT2D eigenvalue weighted by molar-refractivity contribution is -0.123. The molecule has 0 saturated carbocycles. The predicted molar refractivity (Wildman–Crippen MR) is 96.1 cm³/mol. The first-order valence-corrected chi connectivity index (χ1v) is 8.39. The van der Waals surface area contributed by atoms with E-state index >= 15 is 0 Å². The number of piperazine rings is 1. The zero-order valence-electron chi connectivity index (χ0n) is 15.1. The van der Waals surface area contributed by atoms with Crippen molar-refractivity contribution in [2.45, 2.75) is 33.2 Å². The van der Waals surface area contributed by atoms with Crippen molar-refractivity contribution in [1.82, 2.24) is 15.1 Å². The average Bonchev–Trinajstić information content (AvgIpc) is 2.45. The fraction of sp³-hybridized carbons (Fsp3) is 0.556. The van der Waals surface area contributed by atoms with Crippen molar-refractivity contribution < 1.29 is 9.59 Å². The van der Waals surface area contributed by atoms with E-state index in [9.17, 15) is 9.59 Å². The van der Waals surface area contributed by atoms with Crippen molar-refractivity contribution in [2.24, 2.45) is 0 Å². The minimum atomic E-state index is -0.216. The number of benzene rings is 1. The number of hydrogen-bond acceptors (Lipinski definition) is 3. The fourth-order valence-electron chi connectivity index (χ4n) is 2.70. The van der Waals surface area contributed by atoms with E-state index in [4.69, 9.17) is 0 Å². The molecule has 1 aliphatic heterocycles. The van der Waals surface area contributed by atoms with Gasteiger partial charge in [-0.1, -0.05) is 12.1 Å². The van der Waals surface area contributed by atoms with Crippen molar-refractivity contribution in [1.29, 1.82) is 0 Å². The van der Waals surface area contributed by atoms with Gasteiger partial charge < -0.3 is 15.5 Å². The largest absolute Gasteiger partial charge is 0.350 e. The minimum Gasteiger partial charge on any atom is -0.350 e. The third-order valence-corrected chi connectivity index (χ3v) is 3.81. The topological polar surface area (TPSA) is 64.7 Å². The van der Waals surface area contributed by atoms with E-state index in [1.807, 2.05) is 52.0 Å². The maximum Gasteiger partial charge on any atom is 0.321 e. The molecule has 24 heavy (non-hydrogen) atoms. The first-order chi connectivity index (χ1) is 11.2. The van der Waals surface area contributed by atoms with Crippen LogP contribution >= 0.6 is 0 Å². The van der Waals surface area contributed by atoms with Crippen LogP contribution in [0.3, 0.4) is 0 Å². The van der Waals surface area contributed by atoms with E-state index in [-0.39, 0.29) is 17.5 Å². The number of nitrogens with one attached hydrogen (secondary N) is 2. The number of amides is 3. The van der Waals surface area contributed by atoms with Crippen molar-refractivity contribution in [3.8, 4) is 0 Å². The lowest BCUT2D eigenvalue weighted by Gasteiger charge is -2.34. The van der Waals surface area contributed by atoms with E-state index in [0.29, 0.717) is 32.7 Å². The number of aryl methyl sites for hydroxylation is 1. The minimum absolute atomic E-state index is 0.0279. The van der Waals surface area contributed by atoms with E-state index in [2.05, 4.69) is 15.5 Å². The summed E-state index contributed by atoms with van der Waals surface area (Å²) in [5.41, 5.74) is 1.71. The summed E-state index contributed by atoms with van der Waals surface area (Å²) in [5.74, 6) is 0.0279. The summed E-state index contributed by atoms with van der Waals surface area (Å²) in [6, 6.07) is 7.68. The molecule has 0 aliphatic carbocycles. The van der Waals surface area contributed by atoms with Gasteiger partial charge in [-0.25, -0.2) is 4.79 Å². The monoisotopic (exact) mass is 332 g/mol. The summed E-state index contributed by atoms with van der Waals surface area (Å²) < 4.78 is 0. The molecular weight excluding hydrogens is 304 g/mol. The normalized spacial score (nSPS) is 15.9. The summed E-state index contributed by atoms with van der Waals surface area (Å²) in [5, 5.41) is 5.89. The van der Waals surface area contributed by atoms with Crippen LogP contribution < -0.4 is 10.6 Å². The van der Waals surface area contributed by atoms with Crippen molar-refractivity contribution in [3.63, 3.8) is 0 Å². The van der Waals surface area contributed by atoms with Crippen molar-refractivity contribution in [2.75, 3.05) is 38.0 Å². The Labute approximate surface area is 144 Å². The molecule has 0 radical (unpaired) electrons. The van der Waals surface area contributed by atoms with Crippen molar-refractivity contribution >= 4 is 17.6 Å². The number of nitrogens with zero attached hydrogens (tertiary/aromatic N) is 2. The second-order valence-electron chi connectivity index (χ2n) is 7.36. The highest BCUT2D eigenvalue weighted by Gasteiger charge is 2.23. The summed E-state index contributed by atoms with van der Waals surface area (Å²) in [6.45, 7) is 11.0. The molecule has 2 N–H and O–H groups in total. The Bertz CT molecular complexity index is 587. The van der Waals surface area contributed by atoms with Gasteiger partial charge in [0.15, 0.2) is 0 Å². The van der Waals surface area contributed by atoms with Crippen LogP contribution in [0.1, 0.15) is 26.3 Å². The number of hydrogen-bond donors (Lipinski definition) is 2.